The highest BCUT2D eigenvalue weighted by Crippen LogP contribution is 2.24. The Hall–Kier alpha value is -1.87. The number of benzene rings is 1. The van der Waals surface area contributed by atoms with Crippen molar-refractivity contribution in [2.45, 2.75) is 32.1 Å². The number of hydrogen-bond donors (Lipinski definition) is 0. The van der Waals surface area contributed by atoms with Gasteiger partial charge in [0.1, 0.15) is 0 Å². The van der Waals surface area contributed by atoms with Crippen LogP contribution in [0.5, 0.6) is 0 Å². The van der Waals surface area contributed by atoms with Gasteiger partial charge in [-0.25, -0.2) is 0 Å². The minimum atomic E-state index is 0.286. The van der Waals surface area contributed by atoms with Crippen molar-refractivity contribution in [2.75, 3.05) is 32.7 Å². The lowest BCUT2D eigenvalue weighted by molar-refractivity contribution is -0.119. The van der Waals surface area contributed by atoms with Crippen LogP contribution in [0.15, 0.2) is 48.7 Å². The van der Waals surface area contributed by atoms with Crippen LogP contribution in [0.1, 0.15) is 37.7 Å². The zero-order valence-corrected chi connectivity index (χ0v) is 15.1. The molecule has 1 aromatic carbocycles. The Labute approximate surface area is 152 Å². The van der Waals surface area contributed by atoms with Crippen molar-refractivity contribution in [1.82, 2.24) is 9.80 Å². The van der Waals surface area contributed by atoms with Gasteiger partial charge in [0.05, 0.1) is 0 Å². The van der Waals surface area contributed by atoms with Gasteiger partial charge in [0, 0.05) is 44.8 Å². The van der Waals surface area contributed by atoms with Gasteiger partial charge in [0.25, 0.3) is 0 Å². The Kier molecular flexibility index (Phi) is 6.87. The molecule has 3 heteroatoms. The highest BCUT2D eigenvalue weighted by molar-refractivity contribution is 5.91. The minimum Gasteiger partial charge on any atom is -0.375 e. The maximum Gasteiger partial charge on any atom is 0.160 e. The van der Waals surface area contributed by atoms with E-state index in [0.717, 1.165) is 45.6 Å². The van der Waals surface area contributed by atoms with Crippen LogP contribution >= 0.6 is 0 Å². The maximum absolute atomic E-state index is 12.2. The number of piperazine rings is 1. The second-order valence-corrected chi connectivity index (χ2v) is 7.20. The average molecular weight is 338 g/mol. The first-order valence-electron chi connectivity index (χ1n) is 9.71. The van der Waals surface area contributed by atoms with Gasteiger partial charge in [-0.2, -0.15) is 0 Å². The molecule has 1 aliphatic heterocycles. The molecule has 0 N–H and O–H groups in total. The lowest BCUT2D eigenvalue weighted by Gasteiger charge is -2.33. The van der Waals surface area contributed by atoms with Gasteiger partial charge in [-0.15, -0.1) is 0 Å². The number of hydrogen-bond acceptors (Lipinski definition) is 3. The SMILES string of the molecule is O=C(/C=C/N1CCN(C/C=C/c2ccccc2)CC1)C1CCCCC1. The van der Waals surface area contributed by atoms with Crippen LogP contribution in [0.4, 0.5) is 0 Å². The summed E-state index contributed by atoms with van der Waals surface area (Å²) in [5, 5.41) is 0. The summed E-state index contributed by atoms with van der Waals surface area (Å²) < 4.78 is 0. The van der Waals surface area contributed by atoms with E-state index >= 15 is 0 Å². The normalized spacial score (nSPS) is 20.6. The highest BCUT2D eigenvalue weighted by atomic mass is 16.1. The third-order valence-corrected chi connectivity index (χ3v) is 5.34. The van der Waals surface area contributed by atoms with Crippen LogP contribution in [0.25, 0.3) is 6.08 Å². The Morgan fingerprint density at radius 2 is 1.72 bits per heavy atom. The molecule has 2 fully saturated rings. The molecule has 25 heavy (non-hydrogen) atoms. The van der Waals surface area contributed by atoms with Gasteiger partial charge in [0.2, 0.25) is 0 Å². The Bertz CT molecular complexity index is 579. The third-order valence-electron chi connectivity index (χ3n) is 5.34. The molecule has 1 saturated heterocycles. The Balaban J connectivity index is 1.37. The van der Waals surface area contributed by atoms with Crippen LogP contribution in [0.3, 0.4) is 0 Å². The van der Waals surface area contributed by atoms with E-state index in [0.29, 0.717) is 5.78 Å². The Morgan fingerprint density at radius 1 is 1.00 bits per heavy atom. The monoisotopic (exact) mass is 338 g/mol. The van der Waals surface area contributed by atoms with Gasteiger partial charge in [0.15, 0.2) is 5.78 Å². The van der Waals surface area contributed by atoms with E-state index in [1.165, 1.54) is 24.8 Å². The predicted molar refractivity (Wildman–Crippen MR) is 104 cm³/mol. The first-order valence-corrected chi connectivity index (χ1v) is 9.71. The lowest BCUT2D eigenvalue weighted by Crippen LogP contribution is -2.44. The smallest absolute Gasteiger partial charge is 0.160 e. The van der Waals surface area contributed by atoms with Crippen molar-refractivity contribution in [3.05, 3.63) is 54.2 Å². The van der Waals surface area contributed by atoms with Crippen molar-refractivity contribution < 1.29 is 4.79 Å². The summed E-state index contributed by atoms with van der Waals surface area (Å²) in [5.41, 5.74) is 1.25. The summed E-state index contributed by atoms with van der Waals surface area (Å²) in [5.74, 6) is 0.627. The van der Waals surface area contributed by atoms with E-state index in [4.69, 9.17) is 0 Å². The Morgan fingerprint density at radius 3 is 2.44 bits per heavy atom. The number of nitrogens with zero attached hydrogens (tertiary/aromatic N) is 2. The number of rotatable bonds is 6. The standard InChI is InChI=1S/C22H30N2O/c25-22(21-11-5-2-6-12-21)13-15-24-18-16-23(17-19-24)14-7-10-20-8-3-1-4-9-20/h1,3-4,7-10,13,15,21H,2,5-6,11-12,14,16-19H2/b10-7+,15-13+. The van der Waals surface area contributed by atoms with E-state index in [2.05, 4.69) is 46.2 Å². The van der Waals surface area contributed by atoms with Crippen LogP contribution in [0, 0.1) is 5.92 Å². The molecule has 3 nitrogen and oxygen atoms in total. The summed E-state index contributed by atoms with van der Waals surface area (Å²) in [6, 6.07) is 10.4. The van der Waals surface area contributed by atoms with Gasteiger partial charge >= 0.3 is 0 Å². The quantitative estimate of drug-likeness (QED) is 0.733. The maximum atomic E-state index is 12.2. The molecule has 0 unspecified atom stereocenters. The molecule has 1 aliphatic carbocycles. The van der Waals surface area contributed by atoms with Crippen molar-refractivity contribution in [1.29, 1.82) is 0 Å². The number of carbonyl (C=O) groups excluding carboxylic acids is 1. The summed E-state index contributed by atoms with van der Waals surface area (Å²) in [6.07, 6.45) is 14.2. The molecule has 3 rings (SSSR count). The predicted octanol–water partition coefficient (Wildman–Crippen LogP) is 3.98. The van der Waals surface area contributed by atoms with Crippen LogP contribution in [0.2, 0.25) is 0 Å². The van der Waals surface area contributed by atoms with E-state index in [-0.39, 0.29) is 5.92 Å². The van der Waals surface area contributed by atoms with Gasteiger partial charge in [-0.1, -0.05) is 61.7 Å². The molecule has 1 saturated carbocycles. The van der Waals surface area contributed by atoms with Crippen LogP contribution in [-0.2, 0) is 4.79 Å². The summed E-state index contributed by atoms with van der Waals surface area (Å²) in [4.78, 5) is 17.0. The molecule has 0 bridgehead atoms. The number of allylic oxidation sites excluding steroid dienone is 1. The van der Waals surface area contributed by atoms with Crippen LogP contribution in [-0.4, -0.2) is 48.3 Å². The summed E-state index contributed by atoms with van der Waals surface area (Å²) in [6.45, 7) is 5.12. The fourth-order valence-corrected chi connectivity index (χ4v) is 3.70. The molecule has 0 amide bonds. The lowest BCUT2D eigenvalue weighted by atomic mass is 9.86. The van der Waals surface area contributed by atoms with Crippen molar-refractivity contribution in [3.8, 4) is 0 Å². The van der Waals surface area contributed by atoms with Crippen molar-refractivity contribution >= 4 is 11.9 Å². The second kappa shape index (κ2) is 9.57. The van der Waals surface area contributed by atoms with Gasteiger partial charge in [-0.05, 0) is 24.5 Å². The zero-order chi connectivity index (χ0) is 17.3. The van der Waals surface area contributed by atoms with Crippen LogP contribution < -0.4 is 0 Å². The highest BCUT2D eigenvalue weighted by Gasteiger charge is 2.19. The molecule has 134 valence electrons. The molecule has 0 radical (unpaired) electrons. The number of carbonyl (C=O) groups is 1. The van der Waals surface area contributed by atoms with Gasteiger partial charge < -0.3 is 4.90 Å². The fourth-order valence-electron chi connectivity index (χ4n) is 3.70. The van der Waals surface area contributed by atoms with Crippen molar-refractivity contribution in [2.24, 2.45) is 5.92 Å². The molecule has 1 aromatic rings. The van der Waals surface area contributed by atoms with E-state index < -0.39 is 0 Å². The molecule has 0 aromatic heterocycles. The second-order valence-electron chi connectivity index (χ2n) is 7.20. The summed E-state index contributed by atoms with van der Waals surface area (Å²) in [7, 11) is 0. The topological polar surface area (TPSA) is 23.6 Å². The fraction of sp³-hybridized carbons (Fsp3) is 0.500. The zero-order valence-electron chi connectivity index (χ0n) is 15.1. The molecule has 0 atom stereocenters. The largest absolute Gasteiger partial charge is 0.375 e. The van der Waals surface area contributed by atoms with E-state index in [1.54, 1.807) is 0 Å². The molecule has 2 aliphatic rings. The first kappa shape index (κ1) is 17.9. The van der Waals surface area contributed by atoms with E-state index in [1.807, 2.05) is 18.3 Å². The van der Waals surface area contributed by atoms with Gasteiger partial charge in [-0.3, -0.25) is 9.69 Å². The minimum absolute atomic E-state index is 0.286. The molecule has 1 heterocycles. The number of ketones is 1. The first-order chi connectivity index (χ1) is 12.3. The molecular formula is C22H30N2O. The molecule has 0 spiro atoms. The average Bonchev–Trinajstić information content (AvgIpc) is 2.68. The van der Waals surface area contributed by atoms with Crippen molar-refractivity contribution in [3.63, 3.8) is 0 Å². The summed E-state index contributed by atoms with van der Waals surface area (Å²) >= 11 is 0. The third kappa shape index (κ3) is 5.86. The van der Waals surface area contributed by atoms with E-state index in [9.17, 15) is 4.79 Å². The molecular weight excluding hydrogens is 308 g/mol.